The van der Waals surface area contributed by atoms with Crippen molar-refractivity contribution in [2.75, 3.05) is 32.5 Å². The van der Waals surface area contributed by atoms with Crippen LogP contribution in [0, 0.1) is 0 Å². The minimum atomic E-state index is 0.139. The average molecular weight is 257 g/mol. The Morgan fingerprint density at radius 2 is 2.06 bits per heavy atom. The molecule has 1 N–H and O–H groups in total. The molecule has 0 aromatic heterocycles. The molecule has 96 valence electrons. The van der Waals surface area contributed by atoms with Crippen LogP contribution in [0.2, 0.25) is 5.02 Å². The zero-order valence-corrected chi connectivity index (χ0v) is 11.7. The normalized spacial score (nSPS) is 11.0. The first kappa shape index (κ1) is 14.1. The van der Waals surface area contributed by atoms with Gasteiger partial charge in [0.25, 0.3) is 0 Å². The maximum Gasteiger partial charge on any atom is 0.138 e. The van der Waals surface area contributed by atoms with Gasteiger partial charge < -0.3 is 15.0 Å². The minimum Gasteiger partial charge on any atom is -0.489 e. The van der Waals surface area contributed by atoms with E-state index >= 15 is 0 Å². The Morgan fingerprint density at radius 3 is 2.59 bits per heavy atom. The average Bonchev–Trinajstić information content (AvgIpc) is 2.21. The van der Waals surface area contributed by atoms with Gasteiger partial charge in [-0.15, -0.1) is 0 Å². The van der Waals surface area contributed by atoms with E-state index in [-0.39, 0.29) is 6.10 Å². The molecule has 0 spiro atoms. The van der Waals surface area contributed by atoms with Gasteiger partial charge in [0.05, 0.1) is 11.1 Å². The molecule has 0 saturated carbocycles. The molecule has 17 heavy (non-hydrogen) atoms. The highest BCUT2D eigenvalue weighted by Crippen LogP contribution is 2.28. The molecule has 0 aliphatic carbocycles. The van der Waals surface area contributed by atoms with Crippen LogP contribution in [0.1, 0.15) is 13.8 Å². The first-order chi connectivity index (χ1) is 7.99. The van der Waals surface area contributed by atoms with E-state index in [4.69, 9.17) is 16.3 Å². The van der Waals surface area contributed by atoms with Gasteiger partial charge in [-0.2, -0.15) is 0 Å². The van der Waals surface area contributed by atoms with Gasteiger partial charge in [0.15, 0.2) is 0 Å². The van der Waals surface area contributed by atoms with Crippen molar-refractivity contribution in [3.05, 3.63) is 23.2 Å². The smallest absolute Gasteiger partial charge is 0.138 e. The largest absolute Gasteiger partial charge is 0.489 e. The van der Waals surface area contributed by atoms with Crippen molar-refractivity contribution in [3.63, 3.8) is 0 Å². The summed E-state index contributed by atoms with van der Waals surface area (Å²) < 4.78 is 5.57. The SMILES string of the molecule is CC(C)Oc1ccc(NCCN(C)C)cc1Cl. The third-order valence-corrected chi connectivity index (χ3v) is 2.48. The van der Waals surface area contributed by atoms with Gasteiger partial charge in [-0.05, 0) is 46.1 Å². The summed E-state index contributed by atoms with van der Waals surface area (Å²) in [6.45, 7) is 5.86. The van der Waals surface area contributed by atoms with Gasteiger partial charge in [0.2, 0.25) is 0 Å². The highest BCUT2D eigenvalue weighted by atomic mass is 35.5. The van der Waals surface area contributed by atoms with Crippen LogP contribution in [-0.2, 0) is 0 Å². The van der Waals surface area contributed by atoms with Crippen LogP contribution < -0.4 is 10.1 Å². The monoisotopic (exact) mass is 256 g/mol. The summed E-state index contributed by atoms with van der Waals surface area (Å²) >= 11 is 6.14. The topological polar surface area (TPSA) is 24.5 Å². The summed E-state index contributed by atoms with van der Waals surface area (Å²) in [7, 11) is 4.10. The molecule has 3 nitrogen and oxygen atoms in total. The van der Waals surface area contributed by atoms with Gasteiger partial charge >= 0.3 is 0 Å². The van der Waals surface area contributed by atoms with E-state index in [2.05, 4.69) is 10.2 Å². The number of benzene rings is 1. The Labute approximate surface area is 109 Å². The van der Waals surface area contributed by atoms with E-state index in [1.54, 1.807) is 0 Å². The number of ether oxygens (including phenoxy) is 1. The van der Waals surface area contributed by atoms with E-state index in [1.165, 1.54) is 0 Å². The molecule has 0 atom stereocenters. The molecule has 1 rings (SSSR count). The zero-order valence-electron chi connectivity index (χ0n) is 11.0. The van der Waals surface area contributed by atoms with Crippen LogP contribution in [0.3, 0.4) is 0 Å². The number of anilines is 1. The van der Waals surface area contributed by atoms with Gasteiger partial charge in [-0.25, -0.2) is 0 Å². The predicted octanol–water partition coefficient (Wildman–Crippen LogP) is 3.10. The highest BCUT2D eigenvalue weighted by Gasteiger charge is 2.04. The van der Waals surface area contributed by atoms with Crippen molar-refractivity contribution < 1.29 is 4.74 Å². The Morgan fingerprint density at radius 1 is 1.35 bits per heavy atom. The Hall–Kier alpha value is -0.930. The number of rotatable bonds is 6. The van der Waals surface area contributed by atoms with Gasteiger partial charge in [-0.1, -0.05) is 11.6 Å². The maximum absolute atomic E-state index is 6.14. The van der Waals surface area contributed by atoms with E-state index in [0.29, 0.717) is 5.02 Å². The second-order valence-electron chi connectivity index (χ2n) is 4.54. The summed E-state index contributed by atoms with van der Waals surface area (Å²) in [6, 6.07) is 5.79. The predicted molar refractivity (Wildman–Crippen MR) is 74.3 cm³/mol. The molecule has 0 aliphatic heterocycles. The highest BCUT2D eigenvalue weighted by molar-refractivity contribution is 6.32. The number of likely N-dealkylation sites (N-methyl/N-ethyl adjacent to an activating group) is 1. The van der Waals surface area contributed by atoms with Crippen molar-refractivity contribution in [2.24, 2.45) is 0 Å². The zero-order chi connectivity index (χ0) is 12.8. The van der Waals surface area contributed by atoms with E-state index < -0.39 is 0 Å². The van der Waals surface area contributed by atoms with Gasteiger partial charge in [-0.3, -0.25) is 0 Å². The molecule has 0 unspecified atom stereocenters. The quantitative estimate of drug-likeness (QED) is 0.847. The fourth-order valence-electron chi connectivity index (χ4n) is 1.38. The van der Waals surface area contributed by atoms with Crippen LogP contribution in [-0.4, -0.2) is 38.2 Å². The van der Waals surface area contributed by atoms with Crippen LogP contribution in [0.25, 0.3) is 0 Å². The molecule has 4 heteroatoms. The fraction of sp³-hybridized carbons (Fsp3) is 0.538. The number of nitrogens with one attached hydrogen (secondary N) is 1. The fourth-order valence-corrected chi connectivity index (χ4v) is 1.61. The second kappa shape index (κ2) is 6.72. The Balaban J connectivity index is 2.56. The summed E-state index contributed by atoms with van der Waals surface area (Å²) in [6.07, 6.45) is 0.139. The van der Waals surface area contributed by atoms with Crippen molar-refractivity contribution >= 4 is 17.3 Å². The van der Waals surface area contributed by atoms with Crippen LogP contribution in [0.15, 0.2) is 18.2 Å². The van der Waals surface area contributed by atoms with E-state index in [0.717, 1.165) is 24.5 Å². The summed E-state index contributed by atoms with van der Waals surface area (Å²) in [5, 5.41) is 3.96. The molecular formula is C13H21ClN2O. The molecule has 1 aromatic rings. The molecule has 0 fully saturated rings. The lowest BCUT2D eigenvalue weighted by atomic mass is 10.3. The van der Waals surface area contributed by atoms with E-state index in [9.17, 15) is 0 Å². The molecule has 0 aliphatic rings. The number of hydrogen-bond acceptors (Lipinski definition) is 3. The molecule has 0 heterocycles. The molecule has 0 radical (unpaired) electrons. The van der Waals surface area contributed by atoms with E-state index in [1.807, 2.05) is 46.1 Å². The Kier molecular flexibility index (Phi) is 5.59. The van der Waals surface area contributed by atoms with Crippen molar-refractivity contribution in [3.8, 4) is 5.75 Å². The minimum absolute atomic E-state index is 0.139. The third kappa shape index (κ3) is 5.29. The lowest BCUT2D eigenvalue weighted by Crippen LogP contribution is -2.20. The third-order valence-electron chi connectivity index (χ3n) is 2.18. The molecule has 1 aromatic carbocycles. The van der Waals surface area contributed by atoms with Crippen molar-refractivity contribution in [2.45, 2.75) is 20.0 Å². The number of nitrogens with zero attached hydrogens (tertiary/aromatic N) is 1. The summed E-state index contributed by atoms with van der Waals surface area (Å²) in [5.41, 5.74) is 1.02. The first-order valence-electron chi connectivity index (χ1n) is 5.84. The number of hydrogen-bond donors (Lipinski definition) is 1. The van der Waals surface area contributed by atoms with Crippen LogP contribution in [0.5, 0.6) is 5.75 Å². The van der Waals surface area contributed by atoms with Crippen molar-refractivity contribution in [1.29, 1.82) is 0 Å². The molecule has 0 saturated heterocycles. The molecule has 0 bridgehead atoms. The lowest BCUT2D eigenvalue weighted by molar-refractivity contribution is 0.242. The molecule has 0 amide bonds. The van der Waals surface area contributed by atoms with Crippen molar-refractivity contribution in [1.82, 2.24) is 4.90 Å². The van der Waals surface area contributed by atoms with Gasteiger partial charge in [0.1, 0.15) is 5.75 Å². The second-order valence-corrected chi connectivity index (χ2v) is 4.95. The molecular weight excluding hydrogens is 236 g/mol. The first-order valence-corrected chi connectivity index (χ1v) is 6.21. The summed E-state index contributed by atoms with van der Waals surface area (Å²) in [4.78, 5) is 2.13. The summed E-state index contributed by atoms with van der Waals surface area (Å²) in [5.74, 6) is 0.736. The van der Waals surface area contributed by atoms with Crippen LogP contribution in [0.4, 0.5) is 5.69 Å². The lowest BCUT2D eigenvalue weighted by Gasteiger charge is -2.14. The maximum atomic E-state index is 6.14. The standard InChI is InChI=1S/C13H21ClN2O/c1-10(2)17-13-6-5-11(9-12(13)14)15-7-8-16(3)4/h5-6,9-10,15H,7-8H2,1-4H3. The Bertz CT molecular complexity index is 353. The van der Waals surface area contributed by atoms with Crippen LogP contribution >= 0.6 is 11.6 Å². The van der Waals surface area contributed by atoms with Gasteiger partial charge in [0, 0.05) is 18.8 Å². The number of halogens is 1.